The molecule has 0 saturated carbocycles. The van der Waals surface area contributed by atoms with Crippen LogP contribution >= 0.6 is 17.0 Å². The number of fused-ring (bicyclic) bond motifs is 2. The van der Waals surface area contributed by atoms with Gasteiger partial charge in [-0.25, -0.2) is 6.61 Å². The van der Waals surface area contributed by atoms with Crippen molar-refractivity contribution in [2.75, 3.05) is 11.9 Å². The summed E-state index contributed by atoms with van der Waals surface area (Å²) in [6.07, 6.45) is 6.41. The van der Waals surface area contributed by atoms with Gasteiger partial charge in [0.2, 0.25) is 0 Å². The van der Waals surface area contributed by atoms with E-state index in [4.69, 9.17) is 37.0 Å². The molecule has 0 amide bonds. The molecule has 1 N–H and O–H groups in total. The van der Waals surface area contributed by atoms with Crippen LogP contribution in [0.2, 0.25) is 0 Å². The topological polar surface area (TPSA) is 61.1 Å². The number of aryl methyl sites for hydroxylation is 4. The number of hydrogen-bond acceptors (Lipinski definition) is 4. The summed E-state index contributed by atoms with van der Waals surface area (Å²) in [5.74, 6) is 0. The number of benzene rings is 6. The zero-order chi connectivity index (χ0) is 44.9. The molecule has 6 aromatic carbocycles. The normalized spacial score (nSPS) is 11.6. The monoisotopic (exact) mass is 961 g/mol. The third kappa shape index (κ3) is 13.4. The molecule has 64 heavy (non-hydrogen) atoms. The van der Waals surface area contributed by atoms with Crippen molar-refractivity contribution in [3.63, 3.8) is 0 Å². The van der Waals surface area contributed by atoms with Crippen molar-refractivity contribution in [1.82, 2.24) is 9.97 Å². The molecule has 326 valence electrons. The fourth-order valence-corrected chi connectivity index (χ4v) is 7.90. The van der Waals surface area contributed by atoms with Crippen LogP contribution in [-0.2, 0) is 64.4 Å². The third-order valence-corrected chi connectivity index (χ3v) is 11.2. The van der Waals surface area contributed by atoms with E-state index in [0.717, 1.165) is 79.3 Å². The minimum absolute atomic E-state index is 0.586. The molecule has 2 aromatic heterocycles. The molecular weight excluding hydrogens is 907 g/mol. The van der Waals surface area contributed by atoms with E-state index in [1.165, 1.54) is 61.5 Å². The molecule has 1 aliphatic heterocycles. The minimum atomic E-state index is -0.826. The number of ether oxygens (including phenoxy) is 1. The van der Waals surface area contributed by atoms with E-state index >= 15 is 0 Å². The van der Waals surface area contributed by atoms with Crippen LogP contribution in [0, 0.1) is 12.7 Å². The quantitative estimate of drug-likeness (QED) is 0.124. The molecule has 1 saturated heterocycles. The summed E-state index contributed by atoms with van der Waals surface area (Å²) in [5, 5.41) is 13.5. The summed E-state index contributed by atoms with van der Waals surface area (Å²) in [5.41, 5.74) is 14.0. The number of pyridine rings is 2. The van der Waals surface area contributed by atoms with Crippen molar-refractivity contribution >= 4 is 49.9 Å². The van der Waals surface area contributed by atoms with Gasteiger partial charge < -0.3 is 20.4 Å². The Hall–Kier alpha value is -4.84. The first-order valence-electron chi connectivity index (χ1n) is 22.3. The van der Waals surface area contributed by atoms with Gasteiger partial charge in [0.05, 0.1) is 17.9 Å². The first kappa shape index (κ1) is 48.6. The molecule has 9 rings (SSSR count). The van der Waals surface area contributed by atoms with E-state index in [2.05, 4.69) is 185 Å². The predicted octanol–water partition coefficient (Wildman–Crippen LogP) is 16.0. The van der Waals surface area contributed by atoms with E-state index < -0.39 is 20.8 Å². The fourth-order valence-electron chi connectivity index (χ4n) is 7.90. The van der Waals surface area contributed by atoms with Crippen LogP contribution in [0.5, 0.6) is 0 Å². The molecule has 1 fully saturated rings. The van der Waals surface area contributed by atoms with Crippen LogP contribution in [0.25, 0.3) is 49.4 Å². The second kappa shape index (κ2) is 26.2. The average molecular weight is 964 g/mol. The Balaban J connectivity index is 0.000000181. The van der Waals surface area contributed by atoms with Gasteiger partial charge in [-0.2, -0.15) is 6.42 Å². The molecule has 0 radical (unpaired) electrons. The Bertz CT molecular complexity index is 2440. The van der Waals surface area contributed by atoms with Crippen molar-refractivity contribution in [2.24, 2.45) is 0 Å². The van der Waals surface area contributed by atoms with Gasteiger partial charge in [-0.1, -0.05) is 179 Å². The molecule has 0 aliphatic carbocycles. The van der Waals surface area contributed by atoms with Gasteiger partial charge in [-0.05, 0) is 71.5 Å². The number of nitrogens with zero attached hydrogens (tertiary/aromatic N) is 3. The van der Waals surface area contributed by atoms with Crippen LogP contribution in [0.3, 0.4) is 0 Å². The van der Waals surface area contributed by atoms with Crippen molar-refractivity contribution in [3.8, 4) is 22.5 Å². The zero-order valence-electron chi connectivity index (χ0n) is 37.4. The van der Waals surface area contributed by atoms with Crippen LogP contribution in [0.15, 0.2) is 152 Å². The summed E-state index contributed by atoms with van der Waals surface area (Å²) in [6.45, 7) is 12.9. The van der Waals surface area contributed by atoms with E-state index in [-0.39, 0.29) is 0 Å². The SMILES string of the molecule is CCc1cccc(CC)c1NCc1cccc(-c2cccc3ccccc23)n1.CCc1cccc(CC)c1[N-]Cc1cccc(-c2[c-]ccc3ccccc23)n1.[CH-]1CCCO1.[Cl][Zr+2][Cl]. The van der Waals surface area contributed by atoms with E-state index in [1.807, 2.05) is 12.7 Å². The molecular formula is C56H57Cl2N4OZr-. The van der Waals surface area contributed by atoms with Gasteiger partial charge in [0.1, 0.15) is 0 Å². The maximum atomic E-state index is 4.96. The van der Waals surface area contributed by atoms with Crippen LogP contribution in [0.4, 0.5) is 11.4 Å². The molecule has 1 aliphatic rings. The number of aromatic nitrogens is 2. The van der Waals surface area contributed by atoms with Gasteiger partial charge in [0, 0.05) is 23.6 Å². The number of anilines is 1. The summed E-state index contributed by atoms with van der Waals surface area (Å²) in [6, 6.07) is 56.2. The Labute approximate surface area is 399 Å². The van der Waals surface area contributed by atoms with Gasteiger partial charge in [-0.15, -0.1) is 34.8 Å². The molecule has 8 heteroatoms. The first-order valence-corrected chi connectivity index (χ1v) is 28.7. The van der Waals surface area contributed by atoms with E-state index in [0.29, 0.717) is 6.54 Å². The van der Waals surface area contributed by atoms with E-state index in [1.54, 1.807) is 0 Å². The Morgan fingerprint density at radius 3 is 1.80 bits per heavy atom. The molecule has 0 bridgehead atoms. The molecule has 3 heterocycles. The molecule has 0 atom stereocenters. The van der Waals surface area contributed by atoms with Gasteiger partial charge in [0.25, 0.3) is 0 Å². The first-order chi connectivity index (χ1) is 31.5. The van der Waals surface area contributed by atoms with Gasteiger partial charge >= 0.3 is 37.9 Å². The van der Waals surface area contributed by atoms with Crippen LogP contribution in [-0.4, -0.2) is 16.6 Å². The average Bonchev–Trinajstić information content (AvgIpc) is 3.96. The molecule has 8 aromatic rings. The Morgan fingerprint density at radius 1 is 0.625 bits per heavy atom. The fraction of sp³-hybridized carbons (Fsp3) is 0.232. The molecule has 5 nitrogen and oxygen atoms in total. The molecule has 0 unspecified atom stereocenters. The Kier molecular flexibility index (Phi) is 19.9. The van der Waals surface area contributed by atoms with Crippen LogP contribution < -0.4 is 5.32 Å². The number of halogens is 2. The third-order valence-electron chi connectivity index (χ3n) is 11.2. The maximum absolute atomic E-state index is 4.96. The second-order valence-electron chi connectivity index (χ2n) is 15.2. The van der Waals surface area contributed by atoms with Crippen molar-refractivity contribution in [3.05, 3.63) is 203 Å². The number of nitrogens with one attached hydrogen (secondary N) is 1. The van der Waals surface area contributed by atoms with Crippen LogP contribution in [0.1, 0.15) is 74.2 Å². The number of hydrogen-bond donors (Lipinski definition) is 1. The van der Waals surface area contributed by atoms with Crippen molar-refractivity contribution in [2.45, 2.75) is 79.3 Å². The summed E-state index contributed by atoms with van der Waals surface area (Å²) < 4.78 is 4.82. The van der Waals surface area contributed by atoms with Gasteiger partial charge in [-0.3, -0.25) is 4.98 Å². The Morgan fingerprint density at radius 2 is 1.17 bits per heavy atom. The van der Waals surface area contributed by atoms with Crippen molar-refractivity contribution in [1.29, 1.82) is 0 Å². The van der Waals surface area contributed by atoms with Crippen molar-refractivity contribution < 1.29 is 25.6 Å². The predicted molar refractivity (Wildman–Crippen MR) is 269 cm³/mol. The zero-order valence-corrected chi connectivity index (χ0v) is 41.4. The van der Waals surface area contributed by atoms with Gasteiger partial charge in [0.15, 0.2) is 0 Å². The number of rotatable bonds is 12. The number of para-hydroxylation sites is 2. The molecule has 0 spiro atoms. The standard InChI is InChI=1S/C26H26N2.C26H24N2.C4H7O.2ClH.Zr/c2*1-3-19-11-7-12-20(4-2)26(19)27-18-22-14-9-17-25(28-22)24-16-8-13-21-10-5-6-15-23(21)24;1-2-4-5-3-1;;;/h5-17,27H,3-4,18H2,1-2H3;5-15,17H,3-4,18H2,1-2H3;3H,1-2,4H2;2*1H;/q;-2;-1;;;+4/p-2. The van der Waals surface area contributed by atoms with E-state index in [9.17, 15) is 0 Å². The summed E-state index contributed by atoms with van der Waals surface area (Å²) >= 11 is -0.826. The second-order valence-corrected chi connectivity index (χ2v) is 18.9. The summed E-state index contributed by atoms with van der Waals surface area (Å²) in [4.78, 5) is 9.85. The summed E-state index contributed by atoms with van der Waals surface area (Å²) in [7, 11) is 9.87.